The van der Waals surface area contributed by atoms with E-state index in [1.54, 1.807) is 30.0 Å². The highest BCUT2D eigenvalue weighted by Crippen LogP contribution is 2.31. The largest absolute Gasteiger partial charge is 0.482 e. The molecule has 7 heteroatoms. The van der Waals surface area contributed by atoms with Crippen LogP contribution >= 0.6 is 0 Å². The number of benzene rings is 1. The van der Waals surface area contributed by atoms with Gasteiger partial charge in [-0.1, -0.05) is 12.1 Å². The minimum Gasteiger partial charge on any atom is -0.482 e. The summed E-state index contributed by atoms with van der Waals surface area (Å²) in [4.78, 5) is 40.1. The van der Waals surface area contributed by atoms with Gasteiger partial charge in [0, 0.05) is 18.6 Å². The summed E-state index contributed by atoms with van der Waals surface area (Å²) in [6, 6.07) is 7.21. The quantitative estimate of drug-likeness (QED) is 0.683. The molecule has 27 heavy (non-hydrogen) atoms. The first kappa shape index (κ1) is 20.7. The molecule has 1 aromatic rings. The van der Waals surface area contributed by atoms with E-state index < -0.39 is 12.1 Å². The number of para-hydroxylation sites is 2. The Morgan fingerprint density at radius 2 is 1.78 bits per heavy atom. The van der Waals surface area contributed by atoms with Crippen molar-refractivity contribution in [3.05, 3.63) is 24.3 Å². The monoisotopic (exact) mass is 376 g/mol. The number of hydrogen-bond donors (Lipinski definition) is 0. The van der Waals surface area contributed by atoms with Gasteiger partial charge in [-0.2, -0.15) is 0 Å². The van der Waals surface area contributed by atoms with E-state index in [1.807, 2.05) is 33.8 Å². The number of rotatable bonds is 7. The van der Waals surface area contributed by atoms with Gasteiger partial charge < -0.3 is 19.3 Å². The SMILES string of the molecule is CC(C)N(C(=O)[C@H](C)OC(=O)CCN1C(=O)COc2ccccc21)C(C)C. The number of ether oxygens (including phenoxy) is 2. The molecule has 148 valence electrons. The van der Waals surface area contributed by atoms with Crippen LogP contribution in [0.15, 0.2) is 24.3 Å². The summed E-state index contributed by atoms with van der Waals surface area (Å²) in [7, 11) is 0. The van der Waals surface area contributed by atoms with E-state index in [9.17, 15) is 14.4 Å². The third kappa shape index (κ3) is 4.99. The Morgan fingerprint density at radius 3 is 2.41 bits per heavy atom. The van der Waals surface area contributed by atoms with Gasteiger partial charge in [0.25, 0.3) is 11.8 Å². The van der Waals surface area contributed by atoms with Gasteiger partial charge >= 0.3 is 5.97 Å². The van der Waals surface area contributed by atoms with Crippen molar-refractivity contribution in [1.82, 2.24) is 4.90 Å². The van der Waals surface area contributed by atoms with Crippen molar-refractivity contribution in [3.63, 3.8) is 0 Å². The van der Waals surface area contributed by atoms with Gasteiger partial charge in [-0.15, -0.1) is 0 Å². The Kier molecular flexibility index (Phi) is 6.82. The van der Waals surface area contributed by atoms with Crippen molar-refractivity contribution in [1.29, 1.82) is 0 Å². The molecule has 0 radical (unpaired) electrons. The lowest BCUT2D eigenvalue weighted by Gasteiger charge is -2.33. The fourth-order valence-corrected chi connectivity index (χ4v) is 3.22. The molecule has 1 aromatic carbocycles. The van der Waals surface area contributed by atoms with Gasteiger partial charge in [-0.3, -0.25) is 14.4 Å². The van der Waals surface area contributed by atoms with E-state index in [1.165, 1.54) is 4.90 Å². The summed E-state index contributed by atoms with van der Waals surface area (Å²) in [6.45, 7) is 9.40. The van der Waals surface area contributed by atoms with Crippen molar-refractivity contribution in [2.24, 2.45) is 0 Å². The fraction of sp³-hybridized carbons (Fsp3) is 0.550. The maximum atomic E-state index is 12.6. The first-order chi connectivity index (χ1) is 12.7. The van der Waals surface area contributed by atoms with Crippen LogP contribution in [0.4, 0.5) is 5.69 Å². The van der Waals surface area contributed by atoms with Crippen LogP contribution in [0, 0.1) is 0 Å². The third-order valence-electron chi connectivity index (χ3n) is 4.37. The Bertz CT molecular complexity index is 693. The maximum absolute atomic E-state index is 12.6. The molecule has 1 atom stereocenters. The number of carbonyl (C=O) groups excluding carboxylic acids is 3. The van der Waals surface area contributed by atoms with Crippen LogP contribution in [0.1, 0.15) is 41.0 Å². The van der Waals surface area contributed by atoms with Crippen LogP contribution in [-0.2, 0) is 19.1 Å². The van der Waals surface area contributed by atoms with Crippen LogP contribution < -0.4 is 9.64 Å². The molecule has 0 saturated carbocycles. The molecule has 2 rings (SSSR count). The predicted octanol–water partition coefficient (Wildman–Crippen LogP) is 2.38. The standard InChI is InChI=1S/C20H28N2O5/c1-13(2)22(14(3)4)20(25)15(5)27-19(24)10-11-21-16-8-6-7-9-17(16)26-12-18(21)23/h6-9,13-15H,10-12H2,1-5H3/t15-/m0/s1. The number of carbonyl (C=O) groups is 3. The second kappa shape index (κ2) is 8.88. The van der Waals surface area contributed by atoms with Crippen LogP contribution in [-0.4, -0.2) is 54.0 Å². The van der Waals surface area contributed by atoms with Crippen LogP contribution in [0.2, 0.25) is 0 Å². The number of amides is 2. The van der Waals surface area contributed by atoms with Crippen molar-refractivity contribution >= 4 is 23.5 Å². The molecule has 1 heterocycles. The zero-order valence-electron chi connectivity index (χ0n) is 16.6. The van der Waals surface area contributed by atoms with Crippen molar-refractivity contribution in [3.8, 4) is 5.75 Å². The number of esters is 1. The molecule has 2 amide bonds. The van der Waals surface area contributed by atoms with Gasteiger partial charge in [0.1, 0.15) is 5.75 Å². The number of anilines is 1. The topological polar surface area (TPSA) is 76.2 Å². The summed E-state index contributed by atoms with van der Waals surface area (Å²) in [5, 5.41) is 0. The molecule has 0 unspecified atom stereocenters. The Balaban J connectivity index is 1.94. The smallest absolute Gasteiger partial charge is 0.308 e. The number of fused-ring (bicyclic) bond motifs is 1. The molecule has 0 fully saturated rings. The number of hydrogen-bond acceptors (Lipinski definition) is 5. The summed E-state index contributed by atoms with van der Waals surface area (Å²) >= 11 is 0. The van der Waals surface area contributed by atoms with Gasteiger partial charge in [-0.05, 0) is 46.8 Å². The van der Waals surface area contributed by atoms with Crippen molar-refractivity contribution < 1.29 is 23.9 Å². The zero-order valence-corrected chi connectivity index (χ0v) is 16.6. The van der Waals surface area contributed by atoms with Crippen LogP contribution in [0.3, 0.4) is 0 Å². The summed E-state index contributed by atoms with van der Waals surface area (Å²) < 4.78 is 10.7. The van der Waals surface area contributed by atoms with E-state index in [-0.39, 0.29) is 43.5 Å². The minimum absolute atomic E-state index is 0.00104. The molecule has 7 nitrogen and oxygen atoms in total. The average Bonchev–Trinajstić information content (AvgIpc) is 2.60. The summed E-state index contributed by atoms with van der Waals surface area (Å²) in [5.74, 6) is -0.337. The lowest BCUT2D eigenvalue weighted by molar-refractivity contribution is -0.160. The Labute approximate surface area is 160 Å². The lowest BCUT2D eigenvalue weighted by Crippen LogP contribution is -2.47. The lowest BCUT2D eigenvalue weighted by atomic mass is 10.2. The molecule has 0 spiro atoms. The third-order valence-corrected chi connectivity index (χ3v) is 4.37. The molecule has 0 aromatic heterocycles. The van der Waals surface area contributed by atoms with Crippen LogP contribution in [0.25, 0.3) is 0 Å². The Morgan fingerprint density at radius 1 is 1.15 bits per heavy atom. The average molecular weight is 376 g/mol. The highest BCUT2D eigenvalue weighted by Gasteiger charge is 2.29. The fourth-order valence-electron chi connectivity index (χ4n) is 3.22. The van der Waals surface area contributed by atoms with Gasteiger partial charge in [-0.25, -0.2) is 0 Å². The summed E-state index contributed by atoms with van der Waals surface area (Å²) in [6.07, 6.45) is -0.865. The molecular weight excluding hydrogens is 348 g/mol. The number of nitrogens with zero attached hydrogens (tertiary/aromatic N) is 2. The highest BCUT2D eigenvalue weighted by atomic mass is 16.5. The first-order valence-corrected chi connectivity index (χ1v) is 9.26. The Hall–Kier alpha value is -2.57. The molecule has 1 aliphatic rings. The van der Waals surface area contributed by atoms with Gasteiger partial charge in [0.2, 0.25) is 0 Å². The van der Waals surface area contributed by atoms with E-state index >= 15 is 0 Å². The molecule has 0 N–H and O–H groups in total. The van der Waals surface area contributed by atoms with E-state index in [2.05, 4.69) is 0 Å². The van der Waals surface area contributed by atoms with Crippen molar-refractivity contribution in [2.75, 3.05) is 18.1 Å². The van der Waals surface area contributed by atoms with E-state index in [4.69, 9.17) is 9.47 Å². The molecular formula is C20H28N2O5. The highest BCUT2D eigenvalue weighted by molar-refractivity contribution is 5.98. The van der Waals surface area contributed by atoms with Crippen molar-refractivity contribution in [2.45, 2.75) is 59.2 Å². The molecule has 0 bridgehead atoms. The summed E-state index contributed by atoms with van der Waals surface area (Å²) in [5.41, 5.74) is 0.636. The molecule has 0 saturated heterocycles. The molecule has 1 aliphatic heterocycles. The maximum Gasteiger partial charge on any atom is 0.308 e. The predicted molar refractivity (Wildman–Crippen MR) is 102 cm³/mol. The second-order valence-corrected chi connectivity index (χ2v) is 7.12. The van der Waals surface area contributed by atoms with Gasteiger partial charge in [0.05, 0.1) is 12.1 Å². The second-order valence-electron chi connectivity index (χ2n) is 7.12. The molecule has 0 aliphatic carbocycles. The zero-order chi connectivity index (χ0) is 20.1. The first-order valence-electron chi connectivity index (χ1n) is 9.26. The minimum atomic E-state index is -0.866. The normalized spacial score (nSPS) is 14.6. The van der Waals surface area contributed by atoms with E-state index in [0.717, 1.165) is 0 Å². The van der Waals surface area contributed by atoms with E-state index in [0.29, 0.717) is 11.4 Å². The van der Waals surface area contributed by atoms with Crippen LogP contribution in [0.5, 0.6) is 5.75 Å². The van der Waals surface area contributed by atoms with Gasteiger partial charge in [0.15, 0.2) is 12.7 Å².